The lowest BCUT2D eigenvalue weighted by atomic mass is 10.1. The molecule has 21 heavy (non-hydrogen) atoms. The minimum atomic E-state index is -1.16. The quantitative estimate of drug-likeness (QED) is 0.409. The van der Waals surface area contributed by atoms with Gasteiger partial charge in [-0.25, -0.2) is 4.79 Å². The van der Waals surface area contributed by atoms with E-state index in [1.807, 2.05) is 0 Å². The number of aliphatic carboxylic acids is 1. The first-order chi connectivity index (χ1) is 9.85. The maximum atomic E-state index is 10.9. The highest BCUT2D eigenvalue weighted by Gasteiger charge is 2.14. The Kier molecular flexibility index (Phi) is 5.73. The summed E-state index contributed by atoms with van der Waals surface area (Å²) in [6.45, 7) is 0. The molecule has 0 radical (unpaired) electrons. The second-order valence-corrected chi connectivity index (χ2v) is 4.73. The van der Waals surface area contributed by atoms with Gasteiger partial charge in [0.15, 0.2) is 5.17 Å². The number of hydrogen-bond donors (Lipinski definition) is 5. The number of carboxylic acids is 2. The molecule has 8 nitrogen and oxygen atoms in total. The van der Waals surface area contributed by atoms with Crippen LogP contribution in [0.15, 0.2) is 23.2 Å². The van der Waals surface area contributed by atoms with Crippen LogP contribution in [0.2, 0.25) is 0 Å². The van der Waals surface area contributed by atoms with Gasteiger partial charge in [-0.1, -0.05) is 11.8 Å². The van der Waals surface area contributed by atoms with E-state index < -0.39 is 11.9 Å². The number of nitrogens with one attached hydrogen (secondary N) is 2. The second kappa shape index (κ2) is 7.29. The first kappa shape index (κ1) is 16.5. The van der Waals surface area contributed by atoms with Crippen molar-refractivity contribution in [1.29, 1.82) is 5.41 Å². The monoisotopic (exact) mass is 311 g/mol. The fraction of sp³-hybridized carbons (Fsp3) is 0.167. The molecule has 0 spiro atoms. The number of phenols is 1. The second-order valence-electron chi connectivity index (χ2n) is 3.75. The summed E-state index contributed by atoms with van der Waals surface area (Å²) in [6, 6.07) is 3.65. The molecule has 0 atom stereocenters. The zero-order valence-corrected chi connectivity index (χ0v) is 11.8. The smallest absolute Gasteiger partial charge is 0.335 e. The Balaban J connectivity index is 2.95. The summed E-state index contributed by atoms with van der Waals surface area (Å²) in [7, 11) is 1.39. The van der Waals surface area contributed by atoms with E-state index in [1.54, 1.807) is 0 Å². The van der Waals surface area contributed by atoms with Crippen molar-refractivity contribution in [2.24, 2.45) is 4.99 Å². The molecule has 0 aromatic heterocycles. The minimum Gasteiger partial charge on any atom is -0.507 e. The summed E-state index contributed by atoms with van der Waals surface area (Å²) in [4.78, 5) is 25.2. The predicted octanol–water partition coefficient (Wildman–Crippen LogP) is 0.809. The van der Waals surface area contributed by atoms with E-state index in [0.717, 1.165) is 11.8 Å². The number of aromatic hydroxyl groups is 1. The van der Waals surface area contributed by atoms with Crippen LogP contribution in [0.1, 0.15) is 15.9 Å². The number of carboxylic acid groups (broad SMARTS) is 2. The number of aromatic carboxylic acids is 1. The number of amidine groups is 2. The molecule has 1 rings (SSSR count). The van der Waals surface area contributed by atoms with Gasteiger partial charge in [0.2, 0.25) is 0 Å². The van der Waals surface area contributed by atoms with E-state index in [0.29, 0.717) is 0 Å². The van der Waals surface area contributed by atoms with E-state index in [1.165, 1.54) is 25.2 Å². The van der Waals surface area contributed by atoms with Crippen LogP contribution in [-0.4, -0.2) is 51.1 Å². The van der Waals surface area contributed by atoms with Gasteiger partial charge in [0, 0.05) is 7.05 Å². The molecule has 0 aliphatic carbocycles. The Morgan fingerprint density at radius 3 is 2.57 bits per heavy atom. The molecule has 1 aromatic rings. The molecule has 112 valence electrons. The minimum absolute atomic E-state index is 0.0459. The van der Waals surface area contributed by atoms with Crippen molar-refractivity contribution in [3.8, 4) is 5.75 Å². The van der Waals surface area contributed by atoms with Crippen molar-refractivity contribution in [2.75, 3.05) is 12.8 Å². The highest BCUT2D eigenvalue weighted by Crippen LogP contribution is 2.19. The highest BCUT2D eigenvalue weighted by molar-refractivity contribution is 8.14. The van der Waals surface area contributed by atoms with Crippen LogP contribution in [0.25, 0.3) is 0 Å². The maximum Gasteiger partial charge on any atom is 0.335 e. The highest BCUT2D eigenvalue weighted by atomic mass is 32.2. The molecule has 1 aromatic carbocycles. The average molecular weight is 311 g/mol. The number of phenolic OH excluding ortho intramolecular Hbond substituents is 1. The molecule has 0 aliphatic heterocycles. The lowest BCUT2D eigenvalue weighted by Gasteiger charge is -2.11. The number of aliphatic imine (C=N–C) groups is 1. The number of hydrogen-bond acceptors (Lipinski definition) is 6. The van der Waals surface area contributed by atoms with Crippen LogP contribution in [-0.2, 0) is 4.79 Å². The van der Waals surface area contributed by atoms with Gasteiger partial charge in [0.1, 0.15) is 11.6 Å². The lowest BCUT2D eigenvalue weighted by molar-refractivity contribution is -0.133. The van der Waals surface area contributed by atoms with Crippen molar-refractivity contribution in [3.63, 3.8) is 0 Å². The van der Waals surface area contributed by atoms with E-state index >= 15 is 0 Å². The van der Waals surface area contributed by atoms with Crippen LogP contribution in [0.5, 0.6) is 5.75 Å². The number of thioether (sulfide) groups is 1. The molecule has 0 unspecified atom stereocenters. The van der Waals surface area contributed by atoms with Gasteiger partial charge in [-0.15, -0.1) is 0 Å². The van der Waals surface area contributed by atoms with Crippen molar-refractivity contribution >= 4 is 34.7 Å². The molecule has 0 heterocycles. The summed E-state index contributed by atoms with van der Waals surface area (Å²) >= 11 is 0.733. The van der Waals surface area contributed by atoms with Crippen LogP contribution in [0.3, 0.4) is 0 Å². The first-order valence-electron chi connectivity index (χ1n) is 5.58. The number of nitrogens with zero attached hydrogens (tertiary/aromatic N) is 1. The Bertz CT molecular complexity index is 615. The van der Waals surface area contributed by atoms with Gasteiger partial charge in [-0.3, -0.25) is 15.2 Å². The van der Waals surface area contributed by atoms with Crippen LogP contribution in [0.4, 0.5) is 0 Å². The van der Waals surface area contributed by atoms with Gasteiger partial charge >= 0.3 is 11.9 Å². The first-order valence-corrected chi connectivity index (χ1v) is 6.57. The molecular formula is C12H13N3O5S. The van der Waals surface area contributed by atoms with Crippen LogP contribution < -0.4 is 5.32 Å². The largest absolute Gasteiger partial charge is 0.507 e. The topological polar surface area (TPSA) is 143 Å². The fourth-order valence-electron chi connectivity index (χ4n) is 1.38. The van der Waals surface area contributed by atoms with Crippen molar-refractivity contribution in [2.45, 2.75) is 0 Å². The van der Waals surface area contributed by atoms with Crippen molar-refractivity contribution < 1.29 is 24.9 Å². The molecule has 0 aliphatic rings. The molecule has 5 N–H and O–H groups in total. The summed E-state index contributed by atoms with van der Waals surface area (Å²) < 4.78 is 0. The standard InChI is InChI=1S/C12H13N3O5S/c1-14-10(15-12(13)21-5-9(17)18)7-4-6(11(19)20)2-3-8(7)16/h2-4,16H,5H2,1H3,(H,17,18)(H,19,20)(H2,13,14,15). The average Bonchev–Trinajstić information content (AvgIpc) is 2.43. The SMILES string of the molecule is C/N=C(\NC(=N)SCC(=O)O)c1cc(C(=O)O)ccc1O. The van der Waals surface area contributed by atoms with E-state index in [9.17, 15) is 14.7 Å². The van der Waals surface area contributed by atoms with Crippen LogP contribution >= 0.6 is 11.8 Å². The molecule has 0 bridgehead atoms. The summed E-state index contributed by atoms with van der Waals surface area (Å²) in [5, 5.41) is 37.2. The summed E-state index contributed by atoms with van der Waals surface area (Å²) in [5.74, 6) is -2.67. The molecule has 0 saturated carbocycles. The Labute approximate surface area is 124 Å². The molecule has 9 heteroatoms. The molecule has 0 saturated heterocycles. The maximum absolute atomic E-state index is 10.9. The van der Waals surface area contributed by atoms with Gasteiger partial charge in [0.05, 0.1) is 16.9 Å². The van der Waals surface area contributed by atoms with Crippen molar-refractivity contribution in [1.82, 2.24) is 5.32 Å². The van der Waals surface area contributed by atoms with Crippen LogP contribution in [0, 0.1) is 5.41 Å². The normalized spacial score (nSPS) is 11.0. The van der Waals surface area contributed by atoms with Gasteiger partial charge < -0.3 is 20.6 Å². The third-order valence-corrected chi connectivity index (χ3v) is 3.08. The fourth-order valence-corrected chi connectivity index (χ4v) is 1.82. The summed E-state index contributed by atoms with van der Waals surface area (Å²) in [6.07, 6.45) is 0. The zero-order chi connectivity index (χ0) is 16.0. The molecule has 0 amide bonds. The van der Waals surface area contributed by atoms with Gasteiger partial charge in [0.25, 0.3) is 0 Å². The predicted molar refractivity (Wildman–Crippen MR) is 78.5 cm³/mol. The van der Waals surface area contributed by atoms with E-state index in [4.69, 9.17) is 15.6 Å². The molecule has 0 fully saturated rings. The van der Waals surface area contributed by atoms with E-state index in [-0.39, 0.29) is 33.6 Å². The zero-order valence-electron chi connectivity index (χ0n) is 11.0. The van der Waals surface area contributed by atoms with E-state index in [2.05, 4.69) is 10.3 Å². The summed E-state index contributed by atoms with van der Waals surface area (Å²) in [5.41, 5.74) is 0.0635. The third kappa shape index (κ3) is 4.80. The molecular weight excluding hydrogens is 298 g/mol. The van der Waals surface area contributed by atoms with Crippen molar-refractivity contribution in [3.05, 3.63) is 29.3 Å². The Morgan fingerprint density at radius 1 is 1.38 bits per heavy atom. The lowest BCUT2D eigenvalue weighted by Crippen LogP contribution is -2.29. The number of rotatable bonds is 4. The van der Waals surface area contributed by atoms with Gasteiger partial charge in [-0.05, 0) is 18.2 Å². The number of benzene rings is 1. The van der Waals surface area contributed by atoms with Gasteiger partial charge in [-0.2, -0.15) is 0 Å². The Morgan fingerprint density at radius 2 is 2.05 bits per heavy atom. The third-order valence-electron chi connectivity index (χ3n) is 2.29. The number of carbonyl (C=O) groups is 2. The Hall–Kier alpha value is -2.55.